The number of esters is 1. The minimum absolute atomic E-state index is 0.0392. The number of hydrogen-bond donors (Lipinski definition) is 2. The topological polar surface area (TPSA) is 96.7 Å². The molecule has 0 saturated heterocycles. The van der Waals surface area contributed by atoms with Crippen molar-refractivity contribution in [3.05, 3.63) is 29.6 Å². The Bertz CT molecular complexity index is 494. The second-order valence-electron chi connectivity index (χ2n) is 4.37. The van der Waals surface area contributed by atoms with Crippen LogP contribution in [0.2, 0.25) is 0 Å². The zero-order chi connectivity index (χ0) is 15.8. The van der Waals surface area contributed by atoms with Crippen molar-refractivity contribution in [3.8, 4) is 0 Å². The predicted molar refractivity (Wildman–Crippen MR) is 78.9 cm³/mol. The number of carbonyl (C=O) groups is 2. The molecule has 7 heteroatoms. The molecular formula is C14H19NO5S. The number of carbonyl (C=O) groups excluding carboxylic acids is 2. The van der Waals surface area contributed by atoms with Crippen LogP contribution in [0.15, 0.2) is 18.5 Å². The third-order valence-corrected chi connectivity index (χ3v) is 3.54. The maximum absolute atomic E-state index is 11.6. The highest BCUT2D eigenvalue weighted by Gasteiger charge is 2.20. The second-order valence-corrected chi connectivity index (χ2v) is 5.64. The van der Waals surface area contributed by atoms with Crippen molar-refractivity contribution in [1.29, 1.82) is 0 Å². The Morgan fingerprint density at radius 3 is 2.71 bits per heavy atom. The van der Waals surface area contributed by atoms with E-state index in [9.17, 15) is 19.8 Å². The summed E-state index contributed by atoms with van der Waals surface area (Å²) in [6.45, 7) is 3.39. The lowest BCUT2D eigenvalue weighted by Crippen LogP contribution is -2.20. The van der Waals surface area contributed by atoms with E-state index in [1.807, 2.05) is 0 Å². The van der Waals surface area contributed by atoms with Gasteiger partial charge in [0.15, 0.2) is 5.12 Å². The van der Waals surface area contributed by atoms with Gasteiger partial charge < -0.3 is 14.9 Å². The van der Waals surface area contributed by atoms with Gasteiger partial charge in [0, 0.05) is 30.6 Å². The molecule has 1 rings (SSSR count). The Kier molecular flexibility index (Phi) is 7.35. The van der Waals surface area contributed by atoms with Crippen LogP contribution in [0.1, 0.15) is 42.3 Å². The van der Waals surface area contributed by atoms with E-state index in [0.29, 0.717) is 11.3 Å². The van der Waals surface area contributed by atoms with E-state index in [1.54, 1.807) is 6.92 Å². The molecule has 1 aromatic heterocycles. The SMILES string of the molecule is CCOC(=O)c1cncc(C(O)C(O)CCSC(C)=O)c1. The normalized spacial score (nSPS) is 13.5. The van der Waals surface area contributed by atoms with Crippen molar-refractivity contribution < 1.29 is 24.5 Å². The van der Waals surface area contributed by atoms with E-state index in [1.165, 1.54) is 25.4 Å². The summed E-state index contributed by atoms with van der Waals surface area (Å²) in [4.78, 5) is 26.3. The number of aromatic nitrogens is 1. The Balaban J connectivity index is 2.68. The molecule has 0 aromatic carbocycles. The first-order valence-corrected chi connectivity index (χ1v) is 7.55. The maximum Gasteiger partial charge on any atom is 0.339 e. The molecule has 0 aliphatic rings. The summed E-state index contributed by atoms with van der Waals surface area (Å²) in [6, 6.07) is 1.44. The van der Waals surface area contributed by atoms with Crippen molar-refractivity contribution in [2.75, 3.05) is 12.4 Å². The summed E-state index contributed by atoms with van der Waals surface area (Å²) in [5.41, 5.74) is 0.555. The predicted octanol–water partition coefficient (Wildman–Crippen LogP) is 1.32. The number of rotatable bonds is 7. The Labute approximate surface area is 127 Å². The van der Waals surface area contributed by atoms with E-state index in [-0.39, 0.29) is 23.7 Å². The lowest BCUT2D eigenvalue weighted by Gasteiger charge is -2.17. The van der Waals surface area contributed by atoms with E-state index in [2.05, 4.69) is 4.98 Å². The third kappa shape index (κ3) is 5.82. The van der Waals surface area contributed by atoms with Crippen LogP contribution in [0.3, 0.4) is 0 Å². The lowest BCUT2D eigenvalue weighted by atomic mass is 10.0. The highest BCUT2D eigenvalue weighted by molar-refractivity contribution is 8.13. The summed E-state index contributed by atoms with van der Waals surface area (Å²) >= 11 is 1.09. The van der Waals surface area contributed by atoms with Gasteiger partial charge in [-0.25, -0.2) is 4.79 Å². The molecular weight excluding hydrogens is 294 g/mol. The van der Waals surface area contributed by atoms with Gasteiger partial charge in [-0.1, -0.05) is 11.8 Å². The first-order chi connectivity index (χ1) is 9.95. The van der Waals surface area contributed by atoms with E-state index in [0.717, 1.165) is 11.8 Å². The summed E-state index contributed by atoms with van der Waals surface area (Å²) in [5, 5.41) is 19.9. The Morgan fingerprint density at radius 1 is 1.38 bits per heavy atom. The number of hydrogen-bond acceptors (Lipinski definition) is 7. The average molecular weight is 313 g/mol. The molecule has 0 fully saturated rings. The molecule has 0 aliphatic heterocycles. The van der Waals surface area contributed by atoms with Gasteiger partial charge >= 0.3 is 5.97 Å². The van der Waals surface area contributed by atoms with E-state index >= 15 is 0 Å². The van der Waals surface area contributed by atoms with E-state index in [4.69, 9.17) is 4.74 Å². The molecule has 0 aliphatic carbocycles. The van der Waals surface area contributed by atoms with Gasteiger partial charge in [-0.2, -0.15) is 0 Å². The molecule has 2 atom stereocenters. The molecule has 0 saturated carbocycles. The molecule has 0 amide bonds. The standard InChI is InChI=1S/C14H19NO5S/c1-3-20-14(19)11-6-10(7-15-8-11)13(18)12(17)4-5-21-9(2)16/h6-8,12-13,17-18H,3-5H2,1-2H3. The third-order valence-electron chi connectivity index (χ3n) is 2.70. The maximum atomic E-state index is 11.6. The van der Waals surface area contributed by atoms with Crippen LogP contribution in [-0.2, 0) is 9.53 Å². The summed E-state index contributed by atoms with van der Waals surface area (Å²) in [6.07, 6.45) is 0.784. The Hall–Kier alpha value is -1.44. The molecule has 1 heterocycles. The van der Waals surface area contributed by atoms with Crippen LogP contribution in [0.4, 0.5) is 0 Å². The van der Waals surface area contributed by atoms with Crippen molar-refractivity contribution in [2.45, 2.75) is 32.5 Å². The quantitative estimate of drug-likeness (QED) is 0.733. The molecule has 0 bridgehead atoms. The fraction of sp³-hybridized carbons (Fsp3) is 0.500. The van der Waals surface area contributed by atoms with Crippen molar-refractivity contribution in [1.82, 2.24) is 4.98 Å². The minimum Gasteiger partial charge on any atom is -0.462 e. The van der Waals surface area contributed by atoms with E-state index < -0.39 is 18.2 Å². The van der Waals surface area contributed by atoms with Gasteiger partial charge in [0.05, 0.1) is 18.3 Å². The molecule has 0 spiro atoms. The number of aliphatic hydroxyl groups is 2. The van der Waals surface area contributed by atoms with Gasteiger partial charge in [0.1, 0.15) is 6.10 Å². The summed E-state index contributed by atoms with van der Waals surface area (Å²) in [7, 11) is 0. The lowest BCUT2D eigenvalue weighted by molar-refractivity contribution is -0.109. The van der Waals surface area contributed by atoms with Gasteiger partial charge in [-0.3, -0.25) is 9.78 Å². The van der Waals surface area contributed by atoms with Gasteiger partial charge in [-0.15, -0.1) is 0 Å². The largest absolute Gasteiger partial charge is 0.462 e. The van der Waals surface area contributed by atoms with Crippen LogP contribution in [0.5, 0.6) is 0 Å². The minimum atomic E-state index is -1.17. The summed E-state index contributed by atoms with van der Waals surface area (Å²) in [5.74, 6) is -0.112. The zero-order valence-corrected chi connectivity index (χ0v) is 12.8. The van der Waals surface area contributed by atoms with Crippen LogP contribution in [-0.4, -0.2) is 44.7 Å². The van der Waals surface area contributed by atoms with Crippen LogP contribution >= 0.6 is 11.8 Å². The smallest absolute Gasteiger partial charge is 0.339 e. The fourth-order valence-electron chi connectivity index (χ4n) is 1.65. The summed E-state index contributed by atoms with van der Waals surface area (Å²) < 4.78 is 4.85. The first kappa shape index (κ1) is 17.6. The second kappa shape index (κ2) is 8.76. The van der Waals surface area contributed by atoms with Crippen molar-refractivity contribution in [3.63, 3.8) is 0 Å². The molecule has 1 aromatic rings. The number of pyridine rings is 1. The Morgan fingerprint density at radius 2 is 2.10 bits per heavy atom. The monoisotopic (exact) mass is 313 g/mol. The number of aliphatic hydroxyl groups excluding tert-OH is 2. The highest BCUT2D eigenvalue weighted by atomic mass is 32.2. The molecule has 6 nitrogen and oxygen atoms in total. The van der Waals surface area contributed by atoms with Crippen LogP contribution < -0.4 is 0 Å². The number of ether oxygens (including phenoxy) is 1. The molecule has 2 N–H and O–H groups in total. The molecule has 21 heavy (non-hydrogen) atoms. The fourth-order valence-corrected chi connectivity index (χ4v) is 2.30. The first-order valence-electron chi connectivity index (χ1n) is 6.57. The molecule has 2 unspecified atom stereocenters. The number of thioether (sulfide) groups is 1. The van der Waals surface area contributed by atoms with Crippen LogP contribution in [0.25, 0.3) is 0 Å². The number of nitrogens with zero attached hydrogens (tertiary/aromatic N) is 1. The molecule has 0 radical (unpaired) electrons. The molecule has 116 valence electrons. The highest BCUT2D eigenvalue weighted by Crippen LogP contribution is 2.21. The van der Waals surface area contributed by atoms with Crippen molar-refractivity contribution in [2.24, 2.45) is 0 Å². The van der Waals surface area contributed by atoms with Gasteiger partial charge in [0.25, 0.3) is 0 Å². The van der Waals surface area contributed by atoms with Crippen molar-refractivity contribution >= 4 is 22.8 Å². The zero-order valence-electron chi connectivity index (χ0n) is 12.0. The van der Waals surface area contributed by atoms with Gasteiger partial charge in [0.2, 0.25) is 0 Å². The van der Waals surface area contributed by atoms with Gasteiger partial charge in [-0.05, 0) is 19.4 Å². The average Bonchev–Trinajstić information content (AvgIpc) is 2.46. The van der Waals surface area contributed by atoms with Crippen LogP contribution in [0, 0.1) is 0 Å².